The van der Waals surface area contributed by atoms with Crippen molar-refractivity contribution in [2.24, 2.45) is 23.2 Å². The molecule has 0 aromatic carbocycles. The second-order valence-corrected chi connectivity index (χ2v) is 35.2. The van der Waals surface area contributed by atoms with Gasteiger partial charge in [-0.3, -0.25) is 15.0 Å². The molecule has 9 aromatic heterocycles. The minimum absolute atomic E-state index is 0.00128. The standard InChI is InChI=1S/C75H97F3N18O9S3/c1-12-14-43-53-47(19-28-79-43)107-65(89-53)52-37(3)85-66(82-34-72(11)26-27-72)93-62(52)96-74(25-18-41(59(74)99)70(7,8)101)105-32-23-45-55-49(21-30-81-45)106-63(90-55)50-36(2)84-67(83-35-75(76,77)78)92-60(50)88-46-33-42(71(9,10)102)56(97)57(46)104-31-22-44-54-48(20-29-80-44)108-64(91-54)51-38(4)86-68(87-39-15-13-16-39)94-61(51)95-73(103)24-17-40(58(73)98)69(5,6)100/h19-21,28-30,39-42,46,56-59,97-103H,12-18,22-27,31-35H2,1-11H3,(H2,82,85,93,96)(H2,83,84,88,92)(H2,86,87,94,95)/t40-,41-,42-,46+,56+,57-,58+,59+,73+,74+/m0/s1. The Balaban J connectivity index is 0.743. The molecule has 9 aromatic rings. The zero-order valence-corrected chi connectivity index (χ0v) is 65.0. The molecule has 13 N–H and O–H groups in total. The fraction of sp³-hybridized carbons (Fsp3) is 0.600. The highest BCUT2D eigenvalue weighted by atomic mass is 32.1. The first-order chi connectivity index (χ1) is 51.1. The summed E-state index contributed by atoms with van der Waals surface area (Å²) in [6, 6.07) is 4.98. The van der Waals surface area contributed by atoms with Gasteiger partial charge in [0, 0.05) is 61.8 Å². The summed E-state index contributed by atoms with van der Waals surface area (Å²) >= 11 is 4.16. The van der Waals surface area contributed by atoms with Crippen LogP contribution in [-0.4, -0.2) is 193 Å². The Morgan fingerprint density at radius 3 is 1.54 bits per heavy atom. The summed E-state index contributed by atoms with van der Waals surface area (Å²) in [7, 11) is 0. The van der Waals surface area contributed by atoms with E-state index in [1.165, 1.54) is 34.0 Å². The lowest BCUT2D eigenvalue weighted by Crippen LogP contribution is -2.53. The van der Waals surface area contributed by atoms with Crippen molar-refractivity contribution in [3.05, 3.63) is 71.0 Å². The Morgan fingerprint density at radius 1 is 0.556 bits per heavy atom. The molecule has 5 saturated carbocycles. The average Bonchev–Trinajstić information content (AvgIpc) is 1.58. The van der Waals surface area contributed by atoms with Crippen LogP contribution in [-0.2, 0) is 28.7 Å². The SMILES string of the molecule is CCCc1nccc2sc(-c3c(C)nc(NCC4(C)CC4)nc3N[C@@]3(OCCc4nccc5sc(-c6c(C)nc(NCC(F)(F)F)nc6N[C@@H]6C[C@H](C(C)(C)O)[C@@H](O)[C@H]6OCCc6nccc7sc(-c8c(C)nc(NC9CCC9)nc8N[C@@]8(O)CC[C@H](C(C)(C)O)[C@H]8O)nc67)nc45)CC[C@H](C(C)(C)O)[C@H]3O)nc12. The van der Waals surface area contributed by atoms with Crippen LogP contribution in [0.4, 0.5) is 48.5 Å². The van der Waals surface area contributed by atoms with Crippen molar-refractivity contribution in [3.8, 4) is 31.7 Å². The van der Waals surface area contributed by atoms with Gasteiger partial charge in [-0.25, -0.2) is 29.9 Å². The van der Waals surface area contributed by atoms with Gasteiger partial charge in [-0.1, -0.05) is 20.3 Å². The third-order valence-electron chi connectivity index (χ3n) is 22.3. The molecular weight excluding hydrogens is 1450 g/mol. The molecule has 0 saturated heterocycles. The number of halogens is 3. The lowest BCUT2D eigenvalue weighted by molar-refractivity contribution is -0.123. The third kappa shape index (κ3) is 16.1. The topological polar surface area (TPSA) is 387 Å². The predicted octanol–water partition coefficient (Wildman–Crippen LogP) is 11.2. The van der Waals surface area contributed by atoms with Gasteiger partial charge in [0.05, 0.1) is 107 Å². The van der Waals surface area contributed by atoms with Gasteiger partial charge in [0.15, 0.2) is 11.4 Å². The van der Waals surface area contributed by atoms with Gasteiger partial charge in [0.2, 0.25) is 17.8 Å². The number of fused-ring (bicyclic) bond motifs is 3. The van der Waals surface area contributed by atoms with Gasteiger partial charge >= 0.3 is 6.18 Å². The van der Waals surface area contributed by atoms with Crippen LogP contribution < -0.4 is 31.9 Å². The predicted molar refractivity (Wildman–Crippen MR) is 411 cm³/mol. The summed E-state index contributed by atoms with van der Waals surface area (Å²) in [5, 5.41) is 104. The highest BCUT2D eigenvalue weighted by Crippen LogP contribution is 2.50. The second-order valence-electron chi connectivity index (χ2n) is 32.1. The van der Waals surface area contributed by atoms with Crippen LogP contribution in [0.2, 0.25) is 0 Å². The number of ether oxygens (including phenoxy) is 2. The summed E-state index contributed by atoms with van der Waals surface area (Å²) in [5.41, 5.74) is -0.396. The number of anilines is 6. The maximum Gasteiger partial charge on any atom is 0.405 e. The minimum atomic E-state index is -4.63. The first-order valence-electron chi connectivity index (χ1n) is 37.3. The molecule has 108 heavy (non-hydrogen) atoms. The van der Waals surface area contributed by atoms with Crippen molar-refractivity contribution in [3.63, 3.8) is 0 Å². The van der Waals surface area contributed by atoms with E-state index in [9.17, 15) is 48.9 Å². The number of thiazole rings is 3. The highest BCUT2D eigenvalue weighted by molar-refractivity contribution is 7.22. The van der Waals surface area contributed by atoms with Crippen LogP contribution >= 0.6 is 34.0 Å². The number of pyridine rings is 3. The van der Waals surface area contributed by atoms with Crippen LogP contribution in [0, 0.1) is 43.9 Å². The van der Waals surface area contributed by atoms with Gasteiger partial charge in [-0.05, 0) is 157 Å². The largest absolute Gasteiger partial charge is 0.405 e. The van der Waals surface area contributed by atoms with E-state index in [1.54, 1.807) is 67.1 Å². The van der Waals surface area contributed by atoms with Crippen molar-refractivity contribution in [1.29, 1.82) is 0 Å². The van der Waals surface area contributed by atoms with Gasteiger partial charge in [0.1, 0.15) is 73.9 Å². The van der Waals surface area contributed by atoms with Crippen molar-refractivity contribution in [2.75, 3.05) is 58.2 Å². The fourth-order valence-electron chi connectivity index (χ4n) is 15.7. The van der Waals surface area contributed by atoms with E-state index < -0.39 is 89.2 Å². The van der Waals surface area contributed by atoms with Crippen LogP contribution in [0.1, 0.15) is 160 Å². The van der Waals surface area contributed by atoms with E-state index in [4.69, 9.17) is 59.3 Å². The molecule has 27 nitrogen and oxygen atoms in total. The number of rotatable bonds is 29. The van der Waals surface area contributed by atoms with E-state index in [1.807, 2.05) is 32.0 Å². The van der Waals surface area contributed by atoms with Crippen molar-refractivity contribution in [2.45, 2.75) is 237 Å². The van der Waals surface area contributed by atoms with Gasteiger partial charge in [-0.2, -0.15) is 28.1 Å². The number of hydrogen-bond acceptors (Lipinski definition) is 30. The van der Waals surface area contributed by atoms with Crippen molar-refractivity contribution in [1.82, 2.24) is 59.8 Å². The number of hydrogen-bond donors (Lipinski definition) is 13. The van der Waals surface area contributed by atoms with Crippen LogP contribution in [0.15, 0.2) is 36.8 Å². The maximum atomic E-state index is 14.0. The highest BCUT2D eigenvalue weighted by Gasteiger charge is 2.56. The molecule has 33 heteroatoms. The van der Waals surface area contributed by atoms with Crippen molar-refractivity contribution >= 4 is 100.0 Å². The number of aryl methyl sites for hydroxylation is 4. The lowest BCUT2D eigenvalue weighted by Gasteiger charge is -2.38. The summed E-state index contributed by atoms with van der Waals surface area (Å²) in [4.78, 5) is 58.8. The number of aromatic nitrogens is 12. The zero-order valence-electron chi connectivity index (χ0n) is 62.6. The summed E-state index contributed by atoms with van der Waals surface area (Å²) in [6.07, 6.45) is 4.07. The number of aliphatic hydroxyl groups is 7. The second kappa shape index (κ2) is 29.7. The molecule has 0 spiro atoms. The normalized spacial score (nSPS) is 24.6. The average molecular weight is 1550 g/mol. The molecule has 14 rings (SSSR count). The molecule has 0 aliphatic heterocycles. The van der Waals surface area contributed by atoms with Crippen LogP contribution in [0.25, 0.3) is 62.4 Å². The number of nitrogens with zero attached hydrogens (tertiary/aromatic N) is 12. The molecule has 0 radical (unpaired) electrons. The van der Waals surface area contributed by atoms with Gasteiger partial charge in [0.25, 0.3) is 0 Å². The maximum absolute atomic E-state index is 14.0. The smallest absolute Gasteiger partial charge is 0.390 e. The first kappa shape index (κ1) is 77.3. The monoisotopic (exact) mass is 1550 g/mol. The summed E-state index contributed by atoms with van der Waals surface area (Å²) in [6.45, 7) is 18.7. The molecule has 10 atom stereocenters. The Hall–Kier alpha value is -7.41. The van der Waals surface area contributed by atoms with Crippen LogP contribution in [0.3, 0.4) is 0 Å². The number of aliphatic hydroxyl groups excluding tert-OH is 3. The Morgan fingerprint density at radius 2 is 1.04 bits per heavy atom. The molecule has 580 valence electrons. The van der Waals surface area contributed by atoms with E-state index in [-0.39, 0.29) is 80.1 Å². The van der Waals surface area contributed by atoms with Crippen molar-refractivity contribution < 1.29 is 58.4 Å². The number of nitrogens with one attached hydrogen (secondary N) is 6. The summed E-state index contributed by atoms with van der Waals surface area (Å²) < 4.78 is 58.0. The Labute approximate surface area is 635 Å². The first-order valence-corrected chi connectivity index (χ1v) is 39.7. The van der Waals surface area contributed by atoms with E-state index in [2.05, 4.69) is 55.7 Å². The number of alkyl halides is 3. The van der Waals surface area contributed by atoms with E-state index in [0.717, 1.165) is 65.6 Å². The van der Waals surface area contributed by atoms with E-state index >= 15 is 0 Å². The molecule has 0 bridgehead atoms. The van der Waals surface area contributed by atoms with E-state index in [0.29, 0.717) is 107 Å². The Bertz CT molecular complexity index is 4790. The molecule has 5 fully saturated rings. The van der Waals surface area contributed by atoms with Gasteiger partial charge in [-0.15, -0.1) is 34.0 Å². The lowest BCUT2D eigenvalue weighted by atomic mass is 9.87. The zero-order chi connectivity index (χ0) is 76.8. The minimum Gasteiger partial charge on any atom is -0.390 e. The molecule has 5 aliphatic carbocycles. The van der Waals surface area contributed by atoms with Crippen LogP contribution in [0.5, 0.6) is 0 Å². The summed E-state index contributed by atoms with van der Waals surface area (Å²) in [5.74, 6) is -0.826. The molecular formula is C75H97F3N18O9S3. The molecule has 0 amide bonds. The fourth-order valence-corrected chi connectivity index (χ4v) is 18.9. The van der Waals surface area contributed by atoms with Gasteiger partial charge < -0.3 is 77.1 Å². The molecule has 0 unspecified atom stereocenters. The molecule has 9 heterocycles. The Kier molecular flexibility index (Phi) is 21.3. The quantitative estimate of drug-likeness (QED) is 0.0194. The molecule has 5 aliphatic rings. The third-order valence-corrected chi connectivity index (χ3v) is 25.4.